The highest BCUT2D eigenvalue weighted by Crippen LogP contribution is 2.30. The molecule has 0 spiro atoms. The summed E-state index contributed by atoms with van der Waals surface area (Å²) in [5, 5.41) is 0. The lowest BCUT2D eigenvalue weighted by Crippen LogP contribution is -2.38. The minimum Gasteiger partial charge on any atom is -0.311 e. The van der Waals surface area contributed by atoms with E-state index in [1.807, 2.05) is 17.9 Å². The molecule has 1 heterocycles. The first kappa shape index (κ1) is 13.3. The number of carbonyl (C=O) groups is 1. The number of carbonyl (C=O) groups excluding carboxylic acids is 1. The average molecular weight is 308 g/mol. The molecule has 0 fully saturated rings. The fourth-order valence-electron chi connectivity index (χ4n) is 2.37. The second-order valence-electron chi connectivity index (χ2n) is 4.39. The molecule has 1 aliphatic rings. The zero-order valence-electron chi connectivity index (χ0n) is 10.8. The predicted octanol–water partition coefficient (Wildman–Crippen LogP) is 3.61. The summed E-state index contributed by atoms with van der Waals surface area (Å²) in [6.45, 7) is 4.88. The normalized spacial score (nSPS) is 19.9. The van der Waals surface area contributed by atoms with Gasteiger partial charge in [0.1, 0.15) is 0 Å². The van der Waals surface area contributed by atoms with Gasteiger partial charge >= 0.3 is 0 Å². The fraction of sp³-hybridized carbons (Fsp3) is 0.400. The first-order valence-electron chi connectivity index (χ1n) is 6.42. The number of benzene rings is 1. The third-order valence-electron chi connectivity index (χ3n) is 3.33. The van der Waals surface area contributed by atoms with Crippen molar-refractivity contribution in [3.63, 3.8) is 0 Å². The van der Waals surface area contributed by atoms with Gasteiger partial charge in [0.2, 0.25) is 5.91 Å². The zero-order valence-corrected chi connectivity index (χ0v) is 12.4. The van der Waals surface area contributed by atoms with Crippen LogP contribution in [0.3, 0.4) is 0 Å². The van der Waals surface area contributed by atoms with E-state index in [0.717, 1.165) is 18.5 Å². The molecule has 1 unspecified atom stereocenters. The summed E-state index contributed by atoms with van der Waals surface area (Å²) in [5.74, 6) is 0.168. The van der Waals surface area contributed by atoms with Gasteiger partial charge in [0.25, 0.3) is 0 Å². The van der Waals surface area contributed by atoms with Crippen molar-refractivity contribution < 1.29 is 4.79 Å². The van der Waals surface area contributed by atoms with Crippen LogP contribution in [-0.4, -0.2) is 22.2 Å². The highest BCUT2D eigenvalue weighted by Gasteiger charge is 2.28. The molecule has 0 aromatic heterocycles. The molecule has 1 aromatic carbocycles. The lowest BCUT2D eigenvalue weighted by Gasteiger charge is -2.31. The molecule has 1 aromatic rings. The first-order chi connectivity index (χ1) is 8.69. The van der Waals surface area contributed by atoms with Crippen LogP contribution in [0.4, 0.5) is 0 Å². The molecule has 96 valence electrons. The van der Waals surface area contributed by atoms with Crippen LogP contribution in [0.15, 0.2) is 30.3 Å². The van der Waals surface area contributed by atoms with Gasteiger partial charge in [-0.2, -0.15) is 0 Å². The summed E-state index contributed by atoms with van der Waals surface area (Å²) >= 11 is 3.43. The molecule has 0 bridgehead atoms. The van der Waals surface area contributed by atoms with Crippen molar-refractivity contribution in [2.45, 2.75) is 31.5 Å². The highest BCUT2D eigenvalue weighted by molar-refractivity contribution is 9.10. The number of halogens is 1. The fourth-order valence-corrected chi connectivity index (χ4v) is 2.81. The Morgan fingerprint density at radius 1 is 1.33 bits per heavy atom. The van der Waals surface area contributed by atoms with Gasteiger partial charge in [-0.15, -0.1) is 0 Å². The monoisotopic (exact) mass is 307 g/mol. The largest absolute Gasteiger partial charge is 0.311 e. The minimum atomic E-state index is -0.0741. The van der Waals surface area contributed by atoms with Crippen LogP contribution in [-0.2, 0) is 11.2 Å². The number of alkyl halides is 1. The first-order valence-corrected chi connectivity index (χ1v) is 7.34. The Morgan fingerprint density at radius 2 is 2.06 bits per heavy atom. The van der Waals surface area contributed by atoms with E-state index in [4.69, 9.17) is 0 Å². The van der Waals surface area contributed by atoms with Crippen molar-refractivity contribution in [1.29, 1.82) is 0 Å². The maximum atomic E-state index is 12.2. The molecule has 0 saturated heterocycles. The van der Waals surface area contributed by atoms with Gasteiger partial charge in [-0.1, -0.05) is 53.2 Å². The third kappa shape index (κ3) is 2.37. The van der Waals surface area contributed by atoms with E-state index in [1.54, 1.807) is 0 Å². The quantitative estimate of drug-likeness (QED) is 0.781. The Bertz CT molecular complexity index is 481. The van der Waals surface area contributed by atoms with Crippen LogP contribution in [0.25, 0.3) is 5.70 Å². The lowest BCUT2D eigenvalue weighted by molar-refractivity contribution is -0.127. The van der Waals surface area contributed by atoms with E-state index in [9.17, 15) is 4.79 Å². The Morgan fingerprint density at radius 3 is 2.72 bits per heavy atom. The third-order valence-corrected chi connectivity index (χ3v) is 4.10. The van der Waals surface area contributed by atoms with Gasteiger partial charge in [-0.05, 0) is 25.3 Å². The summed E-state index contributed by atoms with van der Waals surface area (Å²) in [6.07, 6.45) is 3.92. The van der Waals surface area contributed by atoms with Crippen LogP contribution in [0.5, 0.6) is 0 Å². The Balaban J connectivity index is 2.45. The van der Waals surface area contributed by atoms with E-state index >= 15 is 0 Å². The molecule has 1 aliphatic heterocycles. The number of hydrogen-bond donors (Lipinski definition) is 0. The highest BCUT2D eigenvalue weighted by atomic mass is 79.9. The number of amides is 1. The Labute approximate surface area is 117 Å². The van der Waals surface area contributed by atoms with Gasteiger partial charge in [0.05, 0.1) is 4.83 Å². The van der Waals surface area contributed by atoms with E-state index in [1.165, 1.54) is 11.1 Å². The summed E-state index contributed by atoms with van der Waals surface area (Å²) in [5.41, 5.74) is 3.55. The summed E-state index contributed by atoms with van der Waals surface area (Å²) in [6, 6.07) is 8.33. The van der Waals surface area contributed by atoms with Crippen molar-refractivity contribution >= 4 is 27.5 Å². The van der Waals surface area contributed by atoms with Gasteiger partial charge in [-0.3, -0.25) is 4.79 Å². The smallest absolute Gasteiger partial charge is 0.241 e. The van der Waals surface area contributed by atoms with E-state index in [2.05, 4.69) is 47.1 Å². The molecule has 0 saturated carbocycles. The number of aryl methyl sites for hydroxylation is 1. The van der Waals surface area contributed by atoms with Crippen molar-refractivity contribution in [2.24, 2.45) is 0 Å². The molecular weight excluding hydrogens is 290 g/mol. The van der Waals surface area contributed by atoms with Gasteiger partial charge in [0.15, 0.2) is 0 Å². The van der Waals surface area contributed by atoms with Crippen LogP contribution < -0.4 is 0 Å². The number of hydrogen-bond acceptors (Lipinski definition) is 1. The SMILES string of the molecule is CCc1ccccc1C1=CCC(Br)C(=O)N1CC. The van der Waals surface area contributed by atoms with Crippen molar-refractivity contribution in [2.75, 3.05) is 6.54 Å². The summed E-state index contributed by atoms with van der Waals surface area (Å²) in [7, 11) is 0. The molecule has 0 aliphatic carbocycles. The second kappa shape index (κ2) is 5.70. The molecule has 0 N–H and O–H groups in total. The molecule has 1 atom stereocenters. The maximum Gasteiger partial charge on any atom is 0.241 e. The van der Waals surface area contributed by atoms with Gasteiger partial charge in [-0.25, -0.2) is 0 Å². The van der Waals surface area contributed by atoms with Crippen molar-refractivity contribution in [3.8, 4) is 0 Å². The van der Waals surface area contributed by atoms with Crippen LogP contribution >= 0.6 is 15.9 Å². The van der Waals surface area contributed by atoms with Crippen LogP contribution in [0.2, 0.25) is 0 Å². The molecule has 18 heavy (non-hydrogen) atoms. The number of nitrogens with zero attached hydrogens (tertiary/aromatic N) is 1. The Kier molecular flexibility index (Phi) is 4.23. The van der Waals surface area contributed by atoms with E-state index in [0.29, 0.717) is 6.54 Å². The van der Waals surface area contributed by atoms with E-state index < -0.39 is 0 Å². The topological polar surface area (TPSA) is 20.3 Å². The molecule has 3 heteroatoms. The Hall–Kier alpha value is -1.09. The summed E-state index contributed by atoms with van der Waals surface area (Å²) in [4.78, 5) is 14.0. The van der Waals surface area contributed by atoms with Crippen molar-refractivity contribution in [3.05, 3.63) is 41.5 Å². The summed E-state index contributed by atoms with van der Waals surface area (Å²) < 4.78 is 0. The van der Waals surface area contributed by atoms with Crippen LogP contribution in [0.1, 0.15) is 31.4 Å². The van der Waals surface area contributed by atoms with Crippen LogP contribution in [0, 0.1) is 0 Å². The molecule has 0 radical (unpaired) electrons. The van der Waals surface area contributed by atoms with Crippen molar-refractivity contribution in [1.82, 2.24) is 4.90 Å². The molecular formula is C15H18BrNO. The number of rotatable bonds is 3. The zero-order chi connectivity index (χ0) is 13.1. The standard InChI is InChI=1S/C15H18BrNO/c1-3-11-7-5-6-8-12(11)14-10-9-13(16)15(18)17(14)4-2/h5-8,10,13H,3-4,9H2,1-2H3. The molecule has 1 amide bonds. The van der Waals surface area contributed by atoms with Gasteiger partial charge in [0, 0.05) is 17.8 Å². The van der Waals surface area contributed by atoms with Gasteiger partial charge < -0.3 is 4.90 Å². The predicted molar refractivity (Wildman–Crippen MR) is 78.5 cm³/mol. The second-order valence-corrected chi connectivity index (χ2v) is 5.49. The lowest BCUT2D eigenvalue weighted by atomic mass is 9.98. The minimum absolute atomic E-state index is 0.0741. The van der Waals surface area contributed by atoms with E-state index in [-0.39, 0.29) is 10.7 Å². The average Bonchev–Trinajstić information content (AvgIpc) is 2.41. The number of allylic oxidation sites excluding steroid dienone is 1. The maximum absolute atomic E-state index is 12.2. The molecule has 2 rings (SSSR count). The molecule has 2 nitrogen and oxygen atoms in total.